The fraction of sp³-hybridized carbons (Fsp3) is 0.273. The molecule has 0 amide bonds. The Hall–Kier alpha value is -2.42. The van der Waals surface area contributed by atoms with Gasteiger partial charge in [-0.2, -0.15) is 5.26 Å². The van der Waals surface area contributed by atoms with Crippen molar-refractivity contribution in [3.63, 3.8) is 0 Å². The van der Waals surface area contributed by atoms with Crippen molar-refractivity contribution in [3.8, 4) is 6.07 Å². The van der Waals surface area contributed by atoms with E-state index < -0.39 is 0 Å². The molecule has 2 rings (SSSR count). The molecule has 0 saturated heterocycles. The van der Waals surface area contributed by atoms with Crippen LogP contribution in [0.15, 0.2) is 24.5 Å². The van der Waals surface area contributed by atoms with E-state index in [0.29, 0.717) is 24.5 Å². The molecule has 0 unspecified atom stereocenters. The fourth-order valence-corrected chi connectivity index (χ4v) is 1.47. The maximum Gasteiger partial charge on any atom is 0.127 e. The standard InChI is InChI=1S/C11H12N6/c1-9-6-10(8-12)7-11(15-9)13-2-4-17-5-3-14-16-17/h3,5-7H,2,4H2,1H3,(H,13,15). The lowest BCUT2D eigenvalue weighted by Crippen LogP contribution is -2.12. The monoisotopic (exact) mass is 228 g/mol. The number of rotatable bonds is 4. The van der Waals surface area contributed by atoms with Crippen LogP contribution >= 0.6 is 0 Å². The molecule has 86 valence electrons. The van der Waals surface area contributed by atoms with Crippen LogP contribution in [-0.2, 0) is 6.54 Å². The van der Waals surface area contributed by atoms with E-state index in [1.807, 2.05) is 6.92 Å². The van der Waals surface area contributed by atoms with Crippen molar-refractivity contribution in [1.82, 2.24) is 20.0 Å². The van der Waals surface area contributed by atoms with Gasteiger partial charge in [-0.1, -0.05) is 5.21 Å². The Kier molecular flexibility index (Phi) is 3.31. The lowest BCUT2D eigenvalue weighted by molar-refractivity contribution is 0.608. The van der Waals surface area contributed by atoms with E-state index in [4.69, 9.17) is 5.26 Å². The van der Waals surface area contributed by atoms with Gasteiger partial charge in [0.05, 0.1) is 24.4 Å². The van der Waals surface area contributed by atoms with Crippen LogP contribution < -0.4 is 5.32 Å². The molecule has 1 N–H and O–H groups in total. The molecule has 0 fully saturated rings. The predicted molar refractivity (Wildman–Crippen MR) is 62.2 cm³/mol. The van der Waals surface area contributed by atoms with Crippen molar-refractivity contribution in [1.29, 1.82) is 5.26 Å². The van der Waals surface area contributed by atoms with Gasteiger partial charge in [-0.05, 0) is 19.1 Å². The second-order valence-electron chi connectivity index (χ2n) is 3.59. The minimum atomic E-state index is 0.612. The summed E-state index contributed by atoms with van der Waals surface area (Å²) in [7, 11) is 0. The van der Waals surface area contributed by atoms with Gasteiger partial charge in [-0.25, -0.2) is 4.98 Å². The van der Waals surface area contributed by atoms with Crippen LogP contribution in [0.25, 0.3) is 0 Å². The summed E-state index contributed by atoms with van der Waals surface area (Å²) in [5.74, 6) is 0.710. The van der Waals surface area contributed by atoms with Gasteiger partial charge in [0, 0.05) is 18.4 Å². The van der Waals surface area contributed by atoms with Crippen LogP contribution in [0.1, 0.15) is 11.3 Å². The smallest absolute Gasteiger partial charge is 0.127 e. The summed E-state index contributed by atoms with van der Waals surface area (Å²) in [4.78, 5) is 4.29. The number of nitrogens with one attached hydrogen (secondary N) is 1. The van der Waals surface area contributed by atoms with Gasteiger partial charge < -0.3 is 5.32 Å². The number of anilines is 1. The molecular weight excluding hydrogens is 216 g/mol. The molecule has 0 aliphatic carbocycles. The first-order valence-corrected chi connectivity index (χ1v) is 5.25. The van der Waals surface area contributed by atoms with Gasteiger partial charge in [0.25, 0.3) is 0 Å². The number of hydrogen-bond acceptors (Lipinski definition) is 5. The van der Waals surface area contributed by atoms with E-state index >= 15 is 0 Å². The van der Waals surface area contributed by atoms with Gasteiger partial charge in [0.15, 0.2) is 0 Å². The van der Waals surface area contributed by atoms with Crippen molar-refractivity contribution >= 4 is 5.82 Å². The minimum Gasteiger partial charge on any atom is -0.368 e. The Morgan fingerprint density at radius 1 is 1.47 bits per heavy atom. The number of hydrogen-bond donors (Lipinski definition) is 1. The molecule has 6 nitrogen and oxygen atoms in total. The van der Waals surface area contributed by atoms with E-state index in [1.165, 1.54) is 0 Å². The molecule has 0 atom stereocenters. The van der Waals surface area contributed by atoms with E-state index in [1.54, 1.807) is 29.2 Å². The molecule has 0 bridgehead atoms. The molecule has 0 aromatic carbocycles. The first-order chi connectivity index (χ1) is 8.28. The number of nitriles is 1. The Morgan fingerprint density at radius 2 is 2.35 bits per heavy atom. The van der Waals surface area contributed by atoms with E-state index in [9.17, 15) is 0 Å². The molecule has 2 aromatic heterocycles. The third kappa shape index (κ3) is 3.01. The van der Waals surface area contributed by atoms with Crippen LogP contribution in [0.2, 0.25) is 0 Å². The van der Waals surface area contributed by atoms with Crippen LogP contribution in [0.4, 0.5) is 5.82 Å². The highest BCUT2D eigenvalue weighted by molar-refractivity contribution is 5.44. The Balaban J connectivity index is 1.95. The Morgan fingerprint density at radius 3 is 3.06 bits per heavy atom. The first kappa shape index (κ1) is 11.1. The van der Waals surface area contributed by atoms with E-state index in [-0.39, 0.29) is 0 Å². The molecule has 0 aliphatic rings. The molecule has 17 heavy (non-hydrogen) atoms. The largest absolute Gasteiger partial charge is 0.368 e. The average Bonchev–Trinajstić information content (AvgIpc) is 2.81. The van der Waals surface area contributed by atoms with Gasteiger partial charge in [-0.15, -0.1) is 5.10 Å². The number of aryl methyl sites for hydroxylation is 1. The molecule has 0 saturated carbocycles. The van der Waals surface area contributed by atoms with E-state index in [2.05, 4.69) is 26.7 Å². The maximum absolute atomic E-state index is 8.83. The quantitative estimate of drug-likeness (QED) is 0.843. The van der Waals surface area contributed by atoms with Gasteiger partial charge >= 0.3 is 0 Å². The Labute approximate surface area is 98.9 Å². The van der Waals surface area contributed by atoms with Crippen LogP contribution in [0.3, 0.4) is 0 Å². The molecule has 2 aromatic rings. The number of pyridine rings is 1. The highest BCUT2D eigenvalue weighted by atomic mass is 15.4. The zero-order valence-electron chi connectivity index (χ0n) is 9.46. The third-order valence-corrected chi connectivity index (χ3v) is 2.20. The van der Waals surface area contributed by atoms with Crippen molar-refractivity contribution < 1.29 is 0 Å². The molecule has 0 spiro atoms. The zero-order chi connectivity index (χ0) is 12.1. The lowest BCUT2D eigenvalue weighted by Gasteiger charge is -2.06. The van der Waals surface area contributed by atoms with Crippen LogP contribution in [-0.4, -0.2) is 26.5 Å². The summed E-state index contributed by atoms with van der Waals surface area (Å²) in [5.41, 5.74) is 1.44. The topological polar surface area (TPSA) is 79.4 Å². The summed E-state index contributed by atoms with van der Waals surface area (Å²) in [6.07, 6.45) is 3.44. The molecule has 2 heterocycles. The zero-order valence-corrected chi connectivity index (χ0v) is 9.46. The molecule has 0 radical (unpaired) electrons. The molecule has 6 heteroatoms. The average molecular weight is 228 g/mol. The van der Waals surface area contributed by atoms with Gasteiger partial charge in [0.1, 0.15) is 5.82 Å². The first-order valence-electron chi connectivity index (χ1n) is 5.25. The maximum atomic E-state index is 8.83. The molecular formula is C11H12N6. The Bertz CT molecular complexity index is 525. The summed E-state index contributed by atoms with van der Waals surface area (Å²) in [6, 6.07) is 5.59. The SMILES string of the molecule is Cc1cc(C#N)cc(NCCn2ccnn2)n1. The van der Waals surface area contributed by atoms with Crippen molar-refractivity contribution in [2.24, 2.45) is 0 Å². The number of nitrogens with zero attached hydrogens (tertiary/aromatic N) is 5. The summed E-state index contributed by atoms with van der Waals surface area (Å²) in [5, 5.41) is 19.6. The third-order valence-electron chi connectivity index (χ3n) is 2.20. The van der Waals surface area contributed by atoms with Crippen LogP contribution in [0.5, 0.6) is 0 Å². The second kappa shape index (κ2) is 5.07. The van der Waals surface area contributed by atoms with Gasteiger partial charge in [-0.3, -0.25) is 4.68 Å². The summed E-state index contributed by atoms with van der Waals surface area (Å²) >= 11 is 0. The fourth-order valence-electron chi connectivity index (χ4n) is 1.47. The number of aromatic nitrogens is 4. The highest BCUT2D eigenvalue weighted by Gasteiger charge is 1.99. The van der Waals surface area contributed by atoms with E-state index in [0.717, 1.165) is 5.69 Å². The van der Waals surface area contributed by atoms with Crippen molar-refractivity contribution in [3.05, 3.63) is 35.8 Å². The minimum absolute atomic E-state index is 0.612. The highest BCUT2D eigenvalue weighted by Crippen LogP contribution is 2.08. The summed E-state index contributed by atoms with van der Waals surface area (Å²) in [6.45, 7) is 3.26. The second-order valence-corrected chi connectivity index (χ2v) is 3.59. The van der Waals surface area contributed by atoms with Crippen molar-refractivity contribution in [2.45, 2.75) is 13.5 Å². The predicted octanol–water partition coefficient (Wildman–Crippen LogP) is 0.965. The normalized spacial score (nSPS) is 9.88. The van der Waals surface area contributed by atoms with Crippen molar-refractivity contribution in [2.75, 3.05) is 11.9 Å². The lowest BCUT2D eigenvalue weighted by atomic mass is 10.2. The summed E-state index contributed by atoms with van der Waals surface area (Å²) < 4.78 is 1.73. The van der Waals surface area contributed by atoms with Gasteiger partial charge in [0.2, 0.25) is 0 Å². The van der Waals surface area contributed by atoms with Crippen LogP contribution in [0, 0.1) is 18.3 Å². The molecule has 0 aliphatic heterocycles.